The van der Waals surface area contributed by atoms with E-state index in [0.29, 0.717) is 54.1 Å². The van der Waals surface area contributed by atoms with E-state index in [0.717, 1.165) is 50.9 Å². The van der Waals surface area contributed by atoms with E-state index in [4.69, 9.17) is 4.74 Å². The Labute approximate surface area is 280 Å². The first kappa shape index (κ1) is 32.8. The number of phenolic OH excluding ortho intramolecular Hbond substituents is 1. The number of ether oxygens (including phenoxy) is 1. The second-order valence-electron chi connectivity index (χ2n) is 16.8. The Bertz CT molecular complexity index is 1540. The minimum Gasteiger partial charge on any atom is -0.508 e. The monoisotopic (exact) mass is 642 g/mol. The molecule has 7 aliphatic carbocycles. The highest BCUT2D eigenvalue weighted by Crippen LogP contribution is 2.66. The number of aromatic hydroxyl groups is 1. The Hall–Kier alpha value is -2.73. The van der Waals surface area contributed by atoms with Crippen LogP contribution in [0.1, 0.15) is 122 Å². The van der Waals surface area contributed by atoms with Crippen LogP contribution in [0.4, 0.5) is 0 Å². The highest BCUT2D eigenvalue weighted by molar-refractivity contribution is 5.92. The third-order valence-corrected chi connectivity index (χ3v) is 14.9. The summed E-state index contributed by atoms with van der Waals surface area (Å²) in [6, 6.07) is 5.96. The second-order valence-corrected chi connectivity index (χ2v) is 16.8. The smallest absolute Gasteiger partial charge is 0.303 e. The number of hydrogen-bond acceptors (Lipinski definition) is 6. The van der Waals surface area contributed by atoms with E-state index in [9.17, 15) is 24.6 Å². The fourth-order valence-electron chi connectivity index (χ4n) is 12.6. The summed E-state index contributed by atoms with van der Waals surface area (Å²) < 4.78 is 5.79. The average molecular weight is 643 g/mol. The first-order chi connectivity index (χ1) is 22.3. The van der Waals surface area contributed by atoms with Gasteiger partial charge in [0.15, 0.2) is 17.2 Å². The van der Waals surface area contributed by atoms with E-state index in [1.807, 2.05) is 18.2 Å². The van der Waals surface area contributed by atoms with Gasteiger partial charge in [-0.05, 0) is 166 Å². The molecule has 0 aromatic heterocycles. The molecule has 7 aliphatic rings. The van der Waals surface area contributed by atoms with Crippen LogP contribution in [-0.2, 0) is 25.5 Å². The molecule has 0 aliphatic heterocycles. The molecule has 47 heavy (non-hydrogen) atoms. The summed E-state index contributed by atoms with van der Waals surface area (Å²) in [7, 11) is 0. The standard InChI is InChI=1S/C23H30O4.C18H24O2/c1-13-11-20-18(17-6-5-16(26)12-19(13)17)7-9-22(4)21(20)8-10-23(22,14(2)24)27-15(3)25;1-18-9-8-14-13-5-3-12(19)10-11(13)2-4-15(14)16(18)6-7-17(18)20/h11-12,17-18,20-21H,5-10H2,1-4H3;3,5,10,14-17,19-20H,2,4,6-9H2,1H3/t17?,18-,20-,21+,22+,23+;14-,15-,16+,17+,18+/m11/s1. The molecule has 11 atom stereocenters. The van der Waals surface area contributed by atoms with Gasteiger partial charge in [0.05, 0.1) is 6.10 Å². The molecule has 0 spiro atoms. The minimum atomic E-state index is -0.977. The third-order valence-electron chi connectivity index (χ3n) is 14.9. The predicted molar refractivity (Wildman–Crippen MR) is 181 cm³/mol. The molecule has 0 heterocycles. The number of aliphatic hydroxyl groups is 1. The molecule has 8 rings (SSSR count). The van der Waals surface area contributed by atoms with Crippen molar-refractivity contribution < 1.29 is 29.3 Å². The van der Waals surface area contributed by atoms with Gasteiger partial charge in [0.1, 0.15) is 5.75 Å². The quantitative estimate of drug-likeness (QED) is 0.320. The van der Waals surface area contributed by atoms with Crippen molar-refractivity contribution in [1.82, 2.24) is 0 Å². The third kappa shape index (κ3) is 5.01. The van der Waals surface area contributed by atoms with Gasteiger partial charge in [-0.1, -0.05) is 31.6 Å². The van der Waals surface area contributed by atoms with Crippen LogP contribution in [0.2, 0.25) is 0 Å². The van der Waals surface area contributed by atoms with Gasteiger partial charge in [-0.15, -0.1) is 0 Å². The van der Waals surface area contributed by atoms with Gasteiger partial charge in [-0.25, -0.2) is 0 Å². The Balaban J connectivity index is 0.000000156. The van der Waals surface area contributed by atoms with Gasteiger partial charge >= 0.3 is 5.97 Å². The lowest BCUT2D eigenvalue weighted by atomic mass is 9.51. The molecule has 254 valence electrons. The topological polar surface area (TPSA) is 101 Å². The molecular weight excluding hydrogens is 588 g/mol. The molecule has 0 saturated heterocycles. The van der Waals surface area contributed by atoms with Crippen molar-refractivity contribution >= 4 is 17.5 Å². The van der Waals surface area contributed by atoms with Crippen LogP contribution in [0.3, 0.4) is 0 Å². The summed E-state index contributed by atoms with van der Waals surface area (Å²) in [5.41, 5.74) is 4.17. The Morgan fingerprint density at radius 3 is 2.40 bits per heavy atom. The largest absolute Gasteiger partial charge is 0.508 e. The van der Waals surface area contributed by atoms with Gasteiger partial charge in [0.2, 0.25) is 0 Å². The molecule has 1 aromatic carbocycles. The Morgan fingerprint density at radius 2 is 1.66 bits per heavy atom. The Kier molecular flexibility index (Phi) is 8.17. The fourth-order valence-corrected chi connectivity index (χ4v) is 12.6. The Morgan fingerprint density at radius 1 is 0.872 bits per heavy atom. The van der Waals surface area contributed by atoms with E-state index in [2.05, 4.69) is 32.9 Å². The number of ketones is 2. The van der Waals surface area contributed by atoms with E-state index >= 15 is 0 Å². The van der Waals surface area contributed by atoms with Crippen molar-refractivity contribution in [1.29, 1.82) is 0 Å². The van der Waals surface area contributed by atoms with E-state index in [-0.39, 0.29) is 34.5 Å². The molecular formula is C41H54O6. The molecule has 1 aromatic rings. The number of rotatable bonds is 2. The number of aryl methyl sites for hydroxylation is 1. The summed E-state index contributed by atoms with van der Waals surface area (Å²) in [5.74, 6) is 4.10. The summed E-state index contributed by atoms with van der Waals surface area (Å²) in [5, 5.41) is 20.0. The predicted octanol–water partition coefficient (Wildman–Crippen LogP) is 7.79. The number of fused-ring (bicyclic) bond motifs is 10. The number of benzene rings is 1. The number of phenols is 1. The van der Waals surface area contributed by atoms with E-state index in [1.54, 1.807) is 6.92 Å². The molecule has 6 heteroatoms. The van der Waals surface area contributed by atoms with Gasteiger partial charge in [-0.3, -0.25) is 14.4 Å². The molecule has 0 radical (unpaired) electrons. The van der Waals surface area contributed by atoms with Crippen LogP contribution in [-0.4, -0.2) is 39.5 Å². The number of esters is 1. The van der Waals surface area contributed by atoms with Crippen LogP contribution in [0.25, 0.3) is 0 Å². The zero-order chi connectivity index (χ0) is 33.5. The summed E-state index contributed by atoms with van der Waals surface area (Å²) in [4.78, 5) is 36.5. The molecule has 4 fully saturated rings. The zero-order valence-corrected chi connectivity index (χ0v) is 29.0. The van der Waals surface area contributed by atoms with Crippen molar-refractivity contribution in [2.75, 3.05) is 0 Å². The van der Waals surface area contributed by atoms with Crippen LogP contribution in [0.5, 0.6) is 5.75 Å². The lowest BCUT2D eigenvalue weighted by Crippen LogP contribution is -2.57. The molecule has 0 bridgehead atoms. The van der Waals surface area contributed by atoms with Gasteiger partial charge in [0.25, 0.3) is 0 Å². The zero-order valence-electron chi connectivity index (χ0n) is 29.0. The van der Waals surface area contributed by atoms with E-state index < -0.39 is 5.60 Å². The average Bonchev–Trinajstić information content (AvgIpc) is 3.50. The van der Waals surface area contributed by atoms with Crippen LogP contribution >= 0.6 is 0 Å². The summed E-state index contributed by atoms with van der Waals surface area (Å²) in [6.07, 6.45) is 16.1. The first-order valence-electron chi connectivity index (χ1n) is 18.4. The second kappa shape index (κ2) is 11.7. The lowest BCUT2D eigenvalue weighted by Gasteiger charge is -2.54. The maximum atomic E-state index is 12.7. The lowest BCUT2D eigenvalue weighted by molar-refractivity contribution is -0.184. The number of carbonyl (C=O) groups excluding carboxylic acids is 3. The van der Waals surface area contributed by atoms with Crippen molar-refractivity contribution in [2.45, 2.75) is 129 Å². The SMILES string of the molecule is CC(=O)O[C@]1(C(C)=O)CC[C@H]2[C@@H]3C=C(C)C4=CC(=O)CCC4[C@H]3CC[C@@]21C.C[C@]12CC[C@@H]3c4ccc(O)cc4CC[C@H]3[C@@H]1CC[C@@H]2O. The molecule has 2 N–H and O–H groups in total. The van der Waals surface area contributed by atoms with Crippen molar-refractivity contribution in [3.8, 4) is 5.75 Å². The fraction of sp³-hybridized carbons (Fsp3) is 0.683. The molecule has 4 saturated carbocycles. The number of hydrogen-bond donors (Lipinski definition) is 2. The van der Waals surface area contributed by atoms with Gasteiger partial charge in [-0.2, -0.15) is 0 Å². The molecule has 6 nitrogen and oxygen atoms in total. The summed E-state index contributed by atoms with van der Waals surface area (Å²) >= 11 is 0. The molecule has 1 unspecified atom stereocenters. The van der Waals surface area contributed by atoms with Crippen LogP contribution in [0, 0.1) is 46.3 Å². The minimum absolute atomic E-state index is 0.0125. The van der Waals surface area contributed by atoms with Crippen molar-refractivity contribution in [2.24, 2.45) is 46.3 Å². The van der Waals surface area contributed by atoms with E-state index in [1.165, 1.54) is 48.5 Å². The maximum absolute atomic E-state index is 12.7. The van der Waals surface area contributed by atoms with Crippen LogP contribution < -0.4 is 0 Å². The highest BCUT2D eigenvalue weighted by Gasteiger charge is 2.66. The van der Waals surface area contributed by atoms with Gasteiger partial charge < -0.3 is 14.9 Å². The highest BCUT2D eigenvalue weighted by atomic mass is 16.6. The first-order valence-corrected chi connectivity index (χ1v) is 18.4. The summed E-state index contributed by atoms with van der Waals surface area (Å²) in [6.45, 7) is 9.60. The number of aliphatic hydroxyl groups excluding tert-OH is 1. The number of carbonyl (C=O) groups is 3. The molecule has 0 amide bonds. The number of Topliss-reactive ketones (excluding diaryl/α,β-unsaturated/α-hetero) is 1. The van der Waals surface area contributed by atoms with Gasteiger partial charge in [0, 0.05) is 18.8 Å². The number of allylic oxidation sites excluding steroid dienone is 4. The van der Waals surface area contributed by atoms with Crippen molar-refractivity contribution in [3.05, 3.63) is 52.6 Å². The normalized spacial score (nSPS) is 42.9. The van der Waals surface area contributed by atoms with Crippen molar-refractivity contribution in [3.63, 3.8) is 0 Å². The maximum Gasteiger partial charge on any atom is 0.303 e. The van der Waals surface area contributed by atoms with Crippen LogP contribution in [0.15, 0.2) is 41.5 Å².